The van der Waals surface area contributed by atoms with Crippen LogP contribution in [0.3, 0.4) is 0 Å². The highest BCUT2D eigenvalue weighted by Gasteiger charge is 2.33. The number of amides is 4. The van der Waals surface area contributed by atoms with Crippen LogP contribution in [0.5, 0.6) is 0 Å². The van der Waals surface area contributed by atoms with Crippen molar-refractivity contribution in [3.63, 3.8) is 0 Å². The zero-order valence-corrected chi connectivity index (χ0v) is 34.1. The first-order chi connectivity index (χ1) is 24.6. The van der Waals surface area contributed by atoms with Crippen LogP contribution in [0.4, 0.5) is 0 Å². The number of nitrogens with one attached hydrogen (secondary N) is 3. The number of allylic oxidation sites excluding steroid dienone is 5. The molecular formula is C39H66N4O8S. The van der Waals surface area contributed by atoms with E-state index in [1.54, 1.807) is 27.7 Å². The average molecular weight is 751 g/mol. The lowest BCUT2D eigenvalue weighted by Gasteiger charge is -2.29. The van der Waals surface area contributed by atoms with Gasteiger partial charge in [-0.1, -0.05) is 62.6 Å². The molecular weight excluding hydrogens is 685 g/mol. The molecule has 4 atom stereocenters. The molecule has 3 N–H and O–H groups in total. The van der Waals surface area contributed by atoms with Crippen LogP contribution in [0.25, 0.3) is 0 Å². The predicted molar refractivity (Wildman–Crippen MR) is 207 cm³/mol. The third kappa shape index (κ3) is 19.1. The molecule has 52 heavy (non-hydrogen) atoms. The summed E-state index contributed by atoms with van der Waals surface area (Å²) in [6.45, 7) is 16.1. The summed E-state index contributed by atoms with van der Waals surface area (Å²) in [5, 5.41) is 9.32. The third-order valence-electron chi connectivity index (χ3n) is 8.63. The molecule has 1 fully saturated rings. The second-order valence-electron chi connectivity index (χ2n) is 14.4. The van der Waals surface area contributed by atoms with Gasteiger partial charge in [-0.2, -0.15) is 11.8 Å². The van der Waals surface area contributed by atoms with Crippen molar-refractivity contribution in [3.05, 3.63) is 34.9 Å². The standard InChI is InChI=1S/C39H66N4O8S/c1-26(2)15-13-16-29(7)17-14-18-30(8)20-22-43(51-34-19-11-12-23-50-34)33(45)25-32(44)41-35(27(3)4)38(47)42-36(28(5)6)37(46)40-31(21-24-52-10)39(48)49-9/h15,17,20,27-28,31,34-36H,11-14,16,18-19,21-25H2,1-10H3,(H,40,46)(H,41,44)(H,42,47)/b29-17+,30-20+/t31-,34?,35+,36+/m1/s1. The minimum absolute atomic E-state index is 0.143. The molecule has 12 nitrogen and oxygen atoms in total. The van der Waals surface area contributed by atoms with Gasteiger partial charge in [-0.3, -0.25) is 19.2 Å². The summed E-state index contributed by atoms with van der Waals surface area (Å²) in [4.78, 5) is 71.7. The maximum absolute atomic E-state index is 13.5. The van der Waals surface area contributed by atoms with E-state index in [-0.39, 0.29) is 18.4 Å². The van der Waals surface area contributed by atoms with Gasteiger partial charge in [0.2, 0.25) is 17.7 Å². The summed E-state index contributed by atoms with van der Waals surface area (Å²) in [7, 11) is 1.26. The zero-order chi connectivity index (χ0) is 39.2. The lowest BCUT2D eigenvalue weighted by molar-refractivity contribution is -0.276. The van der Waals surface area contributed by atoms with E-state index < -0.39 is 60.4 Å². The Kier molecular flexibility index (Phi) is 23.2. The van der Waals surface area contributed by atoms with Crippen LogP contribution < -0.4 is 16.0 Å². The van der Waals surface area contributed by atoms with Gasteiger partial charge in [0.1, 0.15) is 24.5 Å². The van der Waals surface area contributed by atoms with E-state index in [9.17, 15) is 24.0 Å². The number of ether oxygens (including phenoxy) is 2. The Balaban J connectivity index is 2.97. The van der Waals surface area contributed by atoms with Crippen molar-refractivity contribution < 1.29 is 38.3 Å². The monoisotopic (exact) mass is 750 g/mol. The number of carbonyl (C=O) groups is 5. The van der Waals surface area contributed by atoms with E-state index in [0.29, 0.717) is 25.2 Å². The number of thioether (sulfide) groups is 1. The minimum atomic E-state index is -1.03. The van der Waals surface area contributed by atoms with E-state index in [1.807, 2.05) is 19.3 Å². The van der Waals surface area contributed by atoms with Crippen molar-refractivity contribution in [1.82, 2.24) is 21.0 Å². The number of hydrogen-bond donors (Lipinski definition) is 3. The van der Waals surface area contributed by atoms with Crippen LogP contribution in [0, 0.1) is 11.8 Å². The molecule has 0 radical (unpaired) electrons. The number of methoxy groups -OCH3 is 1. The molecule has 13 heteroatoms. The normalized spacial score (nSPS) is 16.8. The van der Waals surface area contributed by atoms with E-state index in [1.165, 1.54) is 35.1 Å². The molecule has 1 aliphatic rings. The van der Waals surface area contributed by atoms with Crippen LogP contribution in [0.15, 0.2) is 34.9 Å². The maximum atomic E-state index is 13.5. The summed E-state index contributed by atoms with van der Waals surface area (Å²) >= 11 is 1.53. The van der Waals surface area contributed by atoms with Gasteiger partial charge in [-0.15, -0.1) is 0 Å². The van der Waals surface area contributed by atoms with Crippen molar-refractivity contribution >= 4 is 41.4 Å². The Morgan fingerprint density at radius 1 is 0.846 bits per heavy atom. The number of hydrogen-bond acceptors (Lipinski definition) is 9. The van der Waals surface area contributed by atoms with Crippen LogP contribution >= 0.6 is 11.8 Å². The van der Waals surface area contributed by atoms with Crippen LogP contribution in [0.2, 0.25) is 0 Å². The van der Waals surface area contributed by atoms with Gasteiger partial charge < -0.3 is 25.4 Å². The van der Waals surface area contributed by atoms with E-state index in [0.717, 1.165) is 44.1 Å². The summed E-state index contributed by atoms with van der Waals surface area (Å²) in [5.41, 5.74) is 3.75. The second-order valence-corrected chi connectivity index (χ2v) is 15.4. The molecule has 0 bridgehead atoms. The first-order valence-electron chi connectivity index (χ1n) is 18.6. The highest BCUT2D eigenvalue weighted by molar-refractivity contribution is 7.98. The number of carbonyl (C=O) groups excluding carboxylic acids is 5. The molecule has 0 aliphatic carbocycles. The number of hydroxylamine groups is 2. The van der Waals surface area contributed by atoms with Crippen molar-refractivity contribution in [3.8, 4) is 0 Å². The van der Waals surface area contributed by atoms with Gasteiger partial charge in [0.25, 0.3) is 5.91 Å². The Morgan fingerprint density at radius 2 is 1.44 bits per heavy atom. The molecule has 0 aromatic rings. The third-order valence-corrected chi connectivity index (χ3v) is 9.27. The topological polar surface area (TPSA) is 152 Å². The molecule has 1 aliphatic heterocycles. The lowest BCUT2D eigenvalue weighted by Crippen LogP contribution is -2.58. The molecule has 1 saturated heterocycles. The highest BCUT2D eigenvalue weighted by Crippen LogP contribution is 2.17. The summed E-state index contributed by atoms with van der Waals surface area (Å²) in [6, 6.07) is -2.87. The smallest absolute Gasteiger partial charge is 0.328 e. The molecule has 1 rings (SSSR count). The van der Waals surface area contributed by atoms with Gasteiger partial charge in [-0.05, 0) is 96.5 Å². The Morgan fingerprint density at radius 3 is 2.00 bits per heavy atom. The van der Waals surface area contributed by atoms with Crippen molar-refractivity contribution in [2.45, 2.75) is 138 Å². The SMILES string of the molecule is COC(=O)[C@@H](CCSC)NC(=O)[C@@H](NC(=O)[C@@H](NC(=O)CC(=O)N(C/C=C(\C)CC/C=C(\C)CCC=C(C)C)OC1CCCCO1)C(C)C)C(C)C. The van der Waals surface area contributed by atoms with Gasteiger partial charge in [0.05, 0.1) is 13.7 Å². The Labute approximate surface area is 316 Å². The van der Waals surface area contributed by atoms with Gasteiger partial charge in [0.15, 0.2) is 6.29 Å². The Bertz CT molecular complexity index is 1240. The van der Waals surface area contributed by atoms with Crippen molar-refractivity contribution in [2.75, 3.05) is 32.3 Å². The van der Waals surface area contributed by atoms with E-state index in [4.69, 9.17) is 14.3 Å². The fourth-order valence-electron chi connectivity index (χ4n) is 5.37. The first-order valence-corrected chi connectivity index (χ1v) is 20.0. The van der Waals surface area contributed by atoms with Crippen LogP contribution in [0.1, 0.15) is 113 Å². The summed E-state index contributed by atoms with van der Waals surface area (Å²) in [5.74, 6) is -2.96. The van der Waals surface area contributed by atoms with Crippen LogP contribution in [-0.4, -0.2) is 91.3 Å². The minimum Gasteiger partial charge on any atom is -0.467 e. The molecule has 0 aromatic carbocycles. The molecule has 1 unspecified atom stereocenters. The lowest BCUT2D eigenvalue weighted by atomic mass is 9.99. The summed E-state index contributed by atoms with van der Waals surface area (Å²) < 4.78 is 10.6. The first kappa shape index (κ1) is 46.9. The predicted octanol–water partition coefficient (Wildman–Crippen LogP) is 5.78. The molecule has 0 spiro atoms. The van der Waals surface area contributed by atoms with Gasteiger partial charge in [-0.25, -0.2) is 14.7 Å². The van der Waals surface area contributed by atoms with Gasteiger partial charge in [0, 0.05) is 13.0 Å². The van der Waals surface area contributed by atoms with E-state index >= 15 is 0 Å². The van der Waals surface area contributed by atoms with Crippen LogP contribution in [-0.2, 0) is 38.3 Å². The largest absolute Gasteiger partial charge is 0.467 e. The fraction of sp³-hybridized carbons (Fsp3) is 0.718. The summed E-state index contributed by atoms with van der Waals surface area (Å²) in [6.07, 6.45) is 13.8. The number of esters is 1. The van der Waals surface area contributed by atoms with Crippen molar-refractivity contribution in [1.29, 1.82) is 0 Å². The van der Waals surface area contributed by atoms with Gasteiger partial charge >= 0.3 is 5.97 Å². The second kappa shape index (κ2) is 25.8. The Hall–Kier alpha value is -3.16. The number of nitrogens with zero attached hydrogens (tertiary/aromatic N) is 1. The highest BCUT2D eigenvalue weighted by atomic mass is 32.2. The fourth-order valence-corrected chi connectivity index (χ4v) is 5.84. The molecule has 296 valence electrons. The maximum Gasteiger partial charge on any atom is 0.328 e. The number of rotatable bonds is 23. The molecule has 0 saturated carbocycles. The molecule has 0 aromatic heterocycles. The van der Waals surface area contributed by atoms with Crippen molar-refractivity contribution in [2.24, 2.45) is 11.8 Å². The zero-order valence-electron chi connectivity index (χ0n) is 33.3. The molecule has 1 heterocycles. The van der Waals surface area contributed by atoms with E-state index in [2.05, 4.69) is 48.9 Å². The molecule has 4 amide bonds. The average Bonchev–Trinajstić information content (AvgIpc) is 3.08. The quantitative estimate of drug-likeness (QED) is 0.0511.